The third-order valence-corrected chi connectivity index (χ3v) is 6.86. The highest BCUT2D eigenvalue weighted by Crippen LogP contribution is 2.41. The van der Waals surface area contributed by atoms with Crippen LogP contribution >= 0.6 is 0 Å². The molecule has 7 nitrogen and oxygen atoms in total. The molecular weight excluding hydrogens is 454 g/mol. The predicted octanol–water partition coefficient (Wildman–Crippen LogP) is 5.46. The number of para-hydroxylation sites is 1. The van der Waals surface area contributed by atoms with Crippen LogP contribution in [0.1, 0.15) is 41.8 Å². The van der Waals surface area contributed by atoms with E-state index in [1.165, 1.54) is 0 Å². The van der Waals surface area contributed by atoms with Crippen LogP contribution in [0.5, 0.6) is 11.5 Å². The minimum Gasteiger partial charge on any atom is -0.454 e. The van der Waals surface area contributed by atoms with E-state index in [4.69, 9.17) is 4.74 Å². The van der Waals surface area contributed by atoms with Gasteiger partial charge in [0, 0.05) is 36.4 Å². The molecule has 0 saturated carbocycles. The van der Waals surface area contributed by atoms with Gasteiger partial charge in [0.15, 0.2) is 5.75 Å². The van der Waals surface area contributed by atoms with Crippen LogP contribution in [0.15, 0.2) is 60.7 Å². The minimum atomic E-state index is -0.465. The van der Waals surface area contributed by atoms with Crippen LogP contribution in [0, 0.1) is 19.8 Å². The Hall–Kier alpha value is -4.13. The number of carbonyl (C=O) groups excluding carboxylic acids is 3. The molecule has 3 amide bonds. The molecule has 0 bridgehead atoms. The van der Waals surface area contributed by atoms with Gasteiger partial charge >= 0.3 is 0 Å². The zero-order chi connectivity index (χ0) is 25.6. The van der Waals surface area contributed by atoms with Gasteiger partial charge in [0.25, 0.3) is 5.91 Å². The number of hydrogen-bond acceptors (Lipinski definition) is 4. The molecule has 3 aromatic carbocycles. The van der Waals surface area contributed by atoms with Crippen LogP contribution in [-0.4, -0.2) is 30.3 Å². The molecule has 1 N–H and O–H groups in total. The molecule has 0 aliphatic carbocycles. The molecule has 1 unspecified atom stereocenters. The number of hydrogen-bond donors (Lipinski definition) is 1. The maximum atomic E-state index is 13.2. The van der Waals surface area contributed by atoms with Crippen LogP contribution in [-0.2, 0) is 9.59 Å². The van der Waals surface area contributed by atoms with Gasteiger partial charge in [0.2, 0.25) is 11.8 Å². The number of benzene rings is 3. The van der Waals surface area contributed by atoms with Crippen molar-refractivity contribution >= 4 is 34.8 Å². The highest BCUT2D eigenvalue weighted by Gasteiger charge is 2.36. The molecule has 3 aromatic rings. The molecule has 2 aliphatic rings. The summed E-state index contributed by atoms with van der Waals surface area (Å²) in [6.45, 7) is 8.27. The van der Waals surface area contributed by atoms with Gasteiger partial charge in [-0.05, 0) is 75.2 Å². The first-order chi connectivity index (χ1) is 17.2. The van der Waals surface area contributed by atoms with E-state index < -0.39 is 5.92 Å². The molecule has 184 valence electrons. The zero-order valence-corrected chi connectivity index (χ0v) is 20.9. The molecule has 0 aromatic heterocycles. The van der Waals surface area contributed by atoms with E-state index in [0.717, 1.165) is 16.8 Å². The van der Waals surface area contributed by atoms with Gasteiger partial charge < -0.3 is 19.9 Å². The van der Waals surface area contributed by atoms with E-state index in [1.807, 2.05) is 58.0 Å². The second-order valence-corrected chi connectivity index (χ2v) is 9.71. The normalized spacial score (nSPS) is 17.0. The predicted molar refractivity (Wildman–Crippen MR) is 140 cm³/mol. The Bertz CT molecular complexity index is 1380. The first-order valence-corrected chi connectivity index (χ1v) is 12.2. The molecular formula is C29H29N3O4. The summed E-state index contributed by atoms with van der Waals surface area (Å²) < 4.78 is 6.14. The summed E-state index contributed by atoms with van der Waals surface area (Å²) in [4.78, 5) is 42.4. The molecule has 1 saturated heterocycles. The van der Waals surface area contributed by atoms with Crippen molar-refractivity contribution in [2.24, 2.45) is 5.92 Å². The highest BCUT2D eigenvalue weighted by atomic mass is 16.5. The van der Waals surface area contributed by atoms with Gasteiger partial charge in [0.05, 0.1) is 17.2 Å². The Kier molecular flexibility index (Phi) is 6.00. The van der Waals surface area contributed by atoms with Gasteiger partial charge in [-0.1, -0.05) is 18.2 Å². The van der Waals surface area contributed by atoms with Crippen LogP contribution < -0.4 is 19.9 Å². The van der Waals surface area contributed by atoms with Crippen molar-refractivity contribution in [1.82, 2.24) is 0 Å². The fourth-order valence-electron chi connectivity index (χ4n) is 4.75. The lowest BCUT2D eigenvalue weighted by atomic mass is 10.1. The topological polar surface area (TPSA) is 79.0 Å². The molecule has 36 heavy (non-hydrogen) atoms. The van der Waals surface area contributed by atoms with Gasteiger partial charge in [-0.3, -0.25) is 14.4 Å². The molecule has 1 fully saturated rings. The van der Waals surface area contributed by atoms with Crippen LogP contribution in [0.4, 0.5) is 17.1 Å². The number of carbonyl (C=O) groups is 3. The Labute approximate surface area is 210 Å². The number of rotatable bonds is 4. The van der Waals surface area contributed by atoms with E-state index in [9.17, 15) is 14.4 Å². The number of anilines is 3. The SMILES string of the molecule is Cc1ccc(N2CC(C(=O)Nc3ccc4c(c3)Oc3ccccc3C(=O)N4C(C)C)CC2=O)cc1C. The van der Waals surface area contributed by atoms with E-state index in [1.54, 1.807) is 40.1 Å². The van der Waals surface area contributed by atoms with Crippen molar-refractivity contribution < 1.29 is 19.1 Å². The second-order valence-electron chi connectivity index (χ2n) is 9.71. The fourth-order valence-corrected chi connectivity index (χ4v) is 4.75. The summed E-state index contributed by atoms with van der Waals surface area (Å²) in [5, 5.41) is 2.95. The van der Waals surface area contributed by atoms with Crippen molar-refractivity contribution in [3.05, 3.63) is 77.4 Å². The molecule has 7 heteroatoms. The van der Waals surface area contributed by atoms with Gasteiger partial charge in [-0.25, -0.2) is 0 Å². The summed E-state index contributed by atoms with van der Waals surface area (Å²) in [6, 6.07) is 18.2. The van der Waals surface area contributed by atoms with Crippen molar-refractivity contribution in [2.45, 2.75) is 40.2 Å². The molecule has 1 atom stereocenters. The van der Waals surface area contributed by atoms with Crippen molar-refractivity contribution in [2.75, 3.05) is 21.7 Å². The lowest BCUT2D eigenvalue weighted by molar-refractivity contribution is -0.122. The third kappa shape index (κ3) is 4.21. The zero-order valence-electron chi connectivity index (χ0n) is 20.9. The van der Waals surface area contributed by atoms with Crippen molar-refractivity contribution in [3.8, 4) is 11.5 Å². The monoisotopic (exact) mass is 483 g/mol. The standard InChI is InChI=1S/C29H29N3O4/c1-17(2)32-24-12-10-21(15-26(24)36-25-8-6-5-7-23(25)29(32)35)30-28(34)20-14-27(33)31(16-20)22-11-9-18(3)19(4)13-22/h5-13,15,17,20H,14,16H2,1-4H3,(H,30,34). The van der Waals surface area contributed by atoms with E-state index >= 15 is 0 Å². The minimum absolute atomic E-state index is 0.0636. The maximum Gasteiger partial charge on any atom is 0.262 e. The van der Waals surface area contributed by atoms with E-state index in [-0.39, 0.29) is 30.2 Å². The lowest BCUT2D eigenvalue weighted by Crippen LogP contribution is -2.36. The first kappa shape index (κ1) is 23.6. The van der Waals surface area contributed by atoms with E-state index in [0.29, 0.717) is 35.0 Å². The molecule has 0 radical (unpaired) electrons. The highest BCUT2D eigenvalue weighted by molar-refractivity contribution is 6.10. The number of fused-ring (bicyclic) bond motifs is 2. The average Bonchev–Trinajstić information content (AvgIpc) is 3.18. The van der Waals surface area contributed by atoms with Crippen molar-refractivity contribution in [3.63, 3.8) is 0 Å². The summed E-state index contributed by atoms with van der Waals surface area (Å²) in [7, 11) is 0. The average molecular weight is 484 g/mol. The smallest absolute Gasteiger partial charge is 0.262 e. The number of ether oxygens (including phenoxy) is 1. The molecule has 2 heterocycles. The molecule has 2 aliphatic heterocycles. The Morgan fingerprint density at radius 2 is 1.75 bits per heavy atom. The summed E-state index contributed by atoms with van der Waals surface area (Å²) in [5.41, 5.74) is 4.75. The van der Waals surface area contributed by atoms with Gasteiger partial charge in [-0.2, -0.15) is 0 Å². The second kappa shape index (κ2) is 9.15. The number of amides is 3. The van der Waals surface area contributed by atoms with E-state index in [2.05, 4.69) is 5.32 Å². The lowest BCUT2D eigenvalue weighted by Gasteiger charge is -2.26. The number of aryl methyl sites for hydroxylation is 2. The fraction of sp³-hybridized carbons (Fsp3) is 0.276. The first-order valence-electron chi connectivity index (χ1n) is 12.2. The van der Waals surface area contributed by atoms with Crippen LogP contribution in [0.3, 0.4) is 0 Å². The van der Waals surface area contributed by atoms with Gasteiger partial charge in [0.1, 0.15) is 5.75 Å². The quantitative estimate of drug-likeness (QED) is 0.535. The Morgan fingerprint density at radius 3 is 2.50 bits per heavy atom. The summed E-state index contributed by atoms with van der Waals surface area (Å²) >= 11 is 0. The Balaban J connectivity index is 1.37. The third-order valence-electron chi connectivity index (χ3n) is 6.86. The number of nitrogens with one attached hydrogen (secondary N) is 1. The van der Waals surface area contributed by atoms with Crippen LogP contribution in [0.2, 0.25) is 0 Å². The van der Waals surface area contributed by atoms with Crippen LogP contribution in [0.25, 0.3) is 0 Å². The Morgan fingerprint density at radius 1 is 0.972 bits per heavy atom. The maximum absolute atomic E-state index is 13.2. The molecule has 5 rings (SSSR count). The largest absolute Gasteiger partial charge is 0.454 e. The summed E-state index contributed by atoms with van der Waals surface area (Å²) in [6.07, 6.45) is 0.156. The molecule has 0 spiro atoms. The van der Waals surface area contributed by atoms with Gasteiger partial charge in [-0.15, -0.1) is 0 Å². The van der Waals surface area contributed by atoms with Crippen molar-refractivity contribution in [1.29, 1.82) is 0 Å². The number of nitrogens with zero attached hydrogens (tertiary/aromatic N) is 2. The summed E-state index contributed by atoms with van der Waals surface area (Å²) in [5.74, 6) is 0.0759.